The smallest absolute Gasteiger partial charge is 0.0599 e. The second kappa shape index (κ2) is 5.99. The van der Waals surface area contributed by atoms with Crippen molar-refractivity contribution in [1.29, 1.82) is 0 Å². The van der Waals surface area contributed by atoms with Gasteiger partial charge in [-0.3, -0.25) is 0 Å². The molecule has 3 nitrogen and oxygen atoms in total. The van der Waals surface area contributed by atoms with Crippen molar-refractivity contribution in [2.45, 2.75) is 32.8 Å². The lowest BCUT2D eigenvalue weighted by atomic mass is 9.88. The fourth-order valence-electron chi connectivity index (χ4n) is 2.76. The maximum atomic E-state index is 5.68. The van der Waals surface area contributed by atoms with E-state index in [1.807, 2.05) is 0 Å². The number of nitrogens with zero attached hydrogens (tertiary/aromatic N) is 1. The molecule has 1 N–H and O–H groups in total. The van der Waals surface area contributed by atoms with Gasteiger partial charge in [-0.25, -0.2) is 0 Å². The molecule has 2 aliphatic rings. The van der Waals surface area contributed by atoms with Crippen LogP contribution in [0.15, 0.2) is 0 Å². The van der Waals surface area contributed by atoms with Crippen LogP contribution in [0.3, 0.4) is 0 Å². The number of ether oxygens (including phenoxy) is 1. The fraction of sp³-hybridized carbons (Fsp3) is 1.00. The van der Waals surface area contributed by atoms with Crippen molar-refractivity contribution in [3.8, 4) is 0 Å². The lowest BCUT2D eigenvalue weighted by Crippen LogP contribution is -2.49. The summed E-state index contributed by atoms with van der Waals surface area (Å²) in [7, 11) is 0. The molecule has 16 heavy (non-hydrogen) atoms. The quantitative estimate of drug-likeness (QED) is 0.766. The Bertz CT molecular complexity index is 198. The van der Waals surface area contributed by atoms with Gasteiger partial charge in [-0.1, -0.05) is 6.92 Å². The normalized spacial score (nSPS) is 26.6. The highest BCUT2D eigenvalue weighted by Gasteiger charge is 2.27. The number of hydrogen-bond donors (Lipinski definition) is 1. The first-order valence-electron chi connectivity index (χ1n) is 6.84. The molecule has 0 amide bonds. The minimum absolute atomic E-state index is 0.530. The number of hydrogen-bond acceptors (Lipinski definition) is 3. The number of rotatable bonds is 5. The van der Waals surface area contributed by atoms with E-state index in [1.54, 1.807) is 0 Å². The zero-order valence-corrected chi connectivity index (χ0v) is 10.7. The molecule has 0 aliphatic carbocycles. The summed E-state index contributed by atoms with van der Waals surface area (Å²) in [4.78, 5) is 2.62. The fourth-order valence-corrected chi connectivity index (χ4v) is 2.76. The molecular formula is C13H26N2O. The van der Waals surface area contributed by atoms with Gasteiger partial charge < -0.3 is 15.0 Å². The molecule has 0 aromatic carbocycles. The Balaban J connectivity index is 1.64. The molecule has 2 fully saturated rings. The van der Waals surface area contributed by atoms with E-state index in [0.29, 0.717) is 6.10 Å². The number of nitrogens with one attached hydrogen (secondary N) is 1. The summed E-state index contributed by atoms with van der Waals surface area (Å²) >= 11 is 0. The average molecular weight is 226 g/mol. The Morgan fingerprint density at radius 2 is 2.00 bits per heavy atom. The Hall–Kier alpha value is -0.120. The number of piperidine rings is 1. The summed E-state index contributed by atoms with van der Waals surface area (Å²) in [5.74, 6) is 1.77. The van der Waals surface area contributed by atoms with Crippen LogP contribution in [-0.4, -0.2) is 50.3 Å². The van der Waals surface area contributed by atoms with Crippen LogP contribution in [0.2, 0.25) is 0 Å². The summed E-state index contributed by atoms with van der Waals surface area (Å²) in [6, 6.07) is 0. The summed E-state index contributed by atoms with van der Waals surface area (Å²) in [6.45, 7) is 11.6. The lowest BCUT2D eigenvalue weighted by Gasteiger charge is -2.38. The van der Waals surface area contributed by atoms with Gasteiger partial charge in [-0.15, -0.1) is 0 Å². The van der Waals surface area contributed by atoms with E-state index in [-0.39, 0.29) is 0 Å². The van der Waals surface area contributed by atoms with Gasteiger partial charge in [0.05, 0.1) is 6.10 Å². The minimum Gasteiger partial charge on any atom is -0.378 e. The van der Waals surface area contributed by atoms with Crippen molar-refractivity contribution in [3.05, 3.63) is 0 Å². The molecule has 2 heterocycles. The molecule has 0 aromatic heterocycles. The number of likely N-dealkylation sites (tertiary alicyclic amines) is 1. The van der Waals surface area contributed by atoms with Crippen LogP contribution >= 0.6 is 0 Å². The SMILES string of the molecule is CCOC1CCN(CC(C)C2CNC2)CC1. The van der Waals surface area contributed by atoms with Gasteiger partial charge in [-0.05, 0) is 44.7 Å². The zero-order valence-electron chi connectivity index (χ0n) is 10.7. The first-order chi connectivity index (χ1) is 7.79. The third-order valence-electron chi connectivity index (χ3n) is 4.10. The molecule has 2 aliphatic heterocycles. The van der Waals surface area contributed by atoms with Crippen LogP contribution in [0.5, 0.6) is 0 Å². The van der Waals surface area contributed by atoms with Gasteiger partial charge in [0.15, 0.2) is 0 Å². The van der Waals surface area contributed by atoms with Gasteiger partial charge in [0.1, 0.15) is 0 Å². The van der Waals surface area contributed by atoms with E-state index >= 15 is 0 Å². The van der Waals surface area contributed by atoms with Crippen molar-refractivity contribution in [2.75, 3.05) is 39.3 Å². The largest absolute Gasteiger partial charge is 0.378 e. The predicted molar refractivity (Wildman–Crippen MR) is 66.6 cm³/mol. The van der Waals surface area contributed by atoms with Crippen molar-refractivity contribution >= 4 is 0 Å². The summed E-state index contributed by atoms with van der Waals surface area (Å²) < 4.78 is 5.68. The van der Waals surface area contributed by atoms with E-state index in [1.165, 1.54) is 45.6 Å². The summed E-state index contributed by atoms with van der Waals surface area (Å²) in [6.07, 6.45) is 2.98. The minimum atomic E-state index is 0.530. The molecular weight excluding hydrogens is 200 g/mol. The maximum absolute atomic E-state index is 5.68. The van der Waals surface area contributed by atoms with Crippen LogP contribution in [0, 0.1) is 11.8 Å². The third-order valence-corrected chi connectivity index (χ3v) is 4.10. The van der Waals surface area contributed by atoms with Crippen LogP contribution in [0.4, 0.5) is 0 Å². The van der Waals surface area contributed by atoms with E-state index < -0.39 is 0 Å². The topological polar surface area (TPSA) is 24.5 Å². The van der Waals surface area contributed by atoms with Crippen molar-refractivity contribution in [1.82, 2.24) is 10.2 Å². The first-order valence-corrected chi connectivity index (χ1v) is 6.84. The second-order valence-corrected chi connectivity index (χ2v) is 5.35. The molecule has 0 aromatic rings. The van der Waals surface area contributed by atoms with Crippen molar-refractivity contribution in [2.24, 2.45) is 11.8 Å². The van der Waals surface area contributed by atoms with Crippen molar-refractivity contribution in [3.63, 3.8) is 0 Å². The van der Waals surface area contributed by atoms with Gasteiger partial charge in [0.25, 0.3) is 0 Å². The van der Waals surface area contributed by atoms with Gasteiger partial charge in [-0.2, -0.15) is 0 Å². The summed E-state index contributed by atoms with van der Waals surface area (Å²) in [5, 5.41) is 3.36. The predicted octanol–water partition coefficient (Wildman–Crippen LogP) is 1.34. The van der Waals surface area contributed by atoms with E-state index in [9.17, 15) is 0 Å². The molecule has 2 rings (SSSR count). The van der Waals surface area contributed by atoms with Gasteiger partial charge in [0, 0.05) is 26.2 Å². The Kier molecular flexibility index (Phi) is 4.62. The second-order valence-electron chi connectivity index (χ2n) is 5.35. The maximum Gasteiger partial charge on any atom is 0.0599 e. The molecule has 0 saturated carbocycles. The van der Waals surface area contributed by atoms with Gasteiger partial charge in [0.2, 0.25) is 0 Å². The van der Waals surface area contributed by atoms with Crippen LogP contribution in [-0.2, 0) is 4.74 Å². The average Bonchev–Trinajstić information content (AvgIpc) is 2.18. The van der Waals surface area contributed by atoms with Crippen LogP contribution in [0.1, 0.15) is 26.7 Å². The Morgan fingerprint density at radius 1 is 1.31 bits per heavy atom. The molecule has 0 radical (unpaired) electrons. The highest BCUT2D eigenvalue weighted by molar-refractivity contribution is 4.82. The molecule has 1 atom stereocenters. The monoisotopic (exact) mass is 226 g/mol. The molecule has 94 valence electrons. The Morgan fingerprint density at radius 3 is 2.50 bits per heavy atom. The van der Waals surface area contributed by atoms with E-state index in [2.05, 4.69) is 24.1 Å². The van der Waals surface area contributed by atoms with Crippen LogP contribution < -0.4 is 5.32 Å². The summed E-state index contributed by atoms with van der Waals surface area (Å²) in [5.41, 5.74) is 0. The van der Waals surface area contributed by atoms with Gasteiger partial charge >= 0.3 is 0 Å². The molecule has 1 unspecified atom stereocenters. The lowest BCUT2D eigenvalue weighted by molar-refractivity contribution is 0.00847. The van der Waals surface area contributed by atoms with E-state index in [4.69, 9.17) is 4.74 Å². The highest BCUT2D eigenvalue weighted by Crippen LogP contribution is 2.20. The molecule has 0 bridgehead atoms. The first kappa shape index (κ1) is 12.3. The standard InChI is InChI=1S/C13H26N2O/c1-3-16-13-4-6-15(7-5-13)10-11(2)12-8-14-9-12/h11-14H,3-10H2,1-2H3. The molecule has 3 heteroatoms. The molecule has 0 spiro atoms. The van der Waals surface area contributed by atoms with E-state index in [0.717, 1.165) is 18.4 Å². The molecule has 2 saturated heterocycles. The third kappa shape index (κ3) is 3.19. The van der Waals surface area contributed by atoms with Crippen molar-refractivity contribution < 1.29 is 4.74 Å². The Labute approximate surface area is 99.5 Å². The highest BCUT2D eigenvalue weighted by atomic mass is 16.5. The zero-order chi connectivity index (χ0) is 11.4. The van der Waals surface area contributed by atoms with Crippen LogP contribution in [0.25, 0.3) is 0 Å².